The van der Waals surface area contributed by atoms with Gasteiger partial charge in [-0.25, -0.2) is 0 Å². The molecule has 2 saturated heterocycles. The molecule has 0 spiro atoms. The van der Waals surface area contributed by atoms with E-state index in [-0.39, 0.29) is 11.3 Å². The summed E-state index contributed by atoms with van der Waals surface area (Å²) in [6.07, 6.45) is 0.681. The summed E-state index contributed by atoms with van der Waals surface area (Å²) >= 11 is 0. The highest BCUT2D eigenvalue weighted by Crippen LogP contribution is 2.42. The van der Waals surface area contributed by atoms with Crippen LogP contribution < -0.4 is 14.2 Å². The molecule has 0 aromatic heterocycles. The van der Waals surface area contributed by atoms with E-state index in [1.165, 1.54) is 7.11 Å². The summed E-state index contributed by atoms with van der Waals surface area (Å²) in [7, 11) is 3.09. The van der Waals surface area contributed by atoms with Gasteiger partial charge in [0.1, 0.15) is 11.5 Å². The molecule has 1 unspecified atom stereocenters. The van der Waals surface area contributed by atoms with E-state index in [1.807, 2.05) is 6.92 Å². The second-order valence-electron chi connectivity index (χ2n) is 8.87. The summed E-state index contributed by atoms with van der Waals surface area (Å²) < 4.78 is 21.8. The lowest BCUT2D eigenvalue weighted by Gasteiger charge is -2.29. The van der Waals surface area contributed by atoms with Gasteiger partial charge in [0.05, 0.1) is 45.7 Å². The van der Waals surface area contributed by atoms with Gasteiger partial charge in [0.2, 0.25) is 0 Å². The van der Waals surface area contributed by atoms with Gasteiger partial charge in [0, 0.05) is 31.7 Å². The second-order valence-corrected chi connectivity index (χ2v) is 8.87. The zero-order valence-corrected chi connectivity index (χ0v) is 21.6. The molecule has 2 fully saturated rings. The number of hydrogen-bond donors (Lipinski definition) is 1. The Kier molecular flexibility index (Phi) is 8.68. The van der Waals surface area contributed by atoms with E-state index < -0.39 is 17.7 Å². The fourth-order valence-corrected chi connectivity index (χ4v) is 4.78. The lowest BCUT2D eigenvalue weighted by atomic mass is 9.95. The second kappa shape index (κ2) is 12.1. The number of carbonyl (C=O) groups is 2. The maximum absolute atomic E-state index is 13.3. The largest absolute Gasteiger partial charge is 0.507 e. The Bertz CT molecular complexity index is 1140. The number of ether oxygens (including phenoxy) is 4. The topological polar surface area (TPSA) is 97.8 Å². The van der Waals surface area contributed by atoms with Crippen molar-refractivity contribution in [3.05, 3.63) is 59.2 Å². The first kappa shape index (κ1) is 26.5. The van der Waals surface area contributed by atoms with Crippen molar-refractivity contribution in [3.63, 3.8) is 0 Å². The smallest absolute Gasteiger partial charge is 0.295 e. The van der Waals surface area contributed by atoms with Crippen LogP contribution in [0.5, 0.6) is 17.2 Å². The third kappa shape index (κ3) is 5.73. The molecule has 9 heteroatoms. The number of hydrogen-bond acceptors (Lipinski definition) is 8. The molecule has 0 radical (unpaired) electrons. The summed E-state index contributed by atoms with van der Waals surface area (Å²) in [5.74, 6) is 0.103. The van der Waals surface area contributed by atoms with Crippen LogP contribution in [0.15, 0.2) is 48.0 Å². The molecule has 0 bridgehead atoms. The van der Waals surface area contributed by atoms with Crippen LogP contribution in [-0.2, 0) is 14.3 Å². The summed E-state index contributed by atoms with van der Waals surface area (Å²) in [5.41, 5.74) is 1.13. The van der Waals surface area contributed by atoms with Crippen LogP contribution in [0.4, 0.5) is 0 Å². The summed E-state index contributed by atoms with van der Waals surface area (Å²) in [4.78, 5) is 30.4. The summed E-state index contributed by atoms with van der Waals surface area (Å²) in [5, 5.41) is 11.3. The molecule has 2 aromatic carbocycles. The fourth-order valence-electron chi connectivity index (χ4n) is 4.78. The van der Waals surface area contributed by atoms with Crippen molar-refractivity contribution in [1.82, 2.24) is 9.80 Å². The molecule has 2 aliphatic rings. The normalized spacial score (nSPS) is 19.8. The molecule has 0 aliphatic carbocycles. The van der Waals surface area contributed by atoms with Crippen LogP contribution in [0.3, 0.4) is 0 Å². The predicted octanol–water partition coefficient (Wildman–Crippen LogP) is 3.25. The number of Topliss-reactive ketones (excluding diaryl/α,β-unsaturated/α-hetero) is 1. The Balaban J connectivity index is 1.71. The molecule has 1 amide bonds. The maximum Gasteiger partial charge on any atom is 0.295 e. The molecule has 4 rings (SSSR count). The highest BCUT2D eigenvalue weighted by atomic mass is 16.5. The highest BCUT2D eigenvalue weighted by molar-refractivity contribution is 6.46. The minimum absolute atomic E-state index is 0.0488. The van der Waals surface area contributed by atoms with Gasteiger partial charge in [-0.15, -0.1) is 0 Å². The van der Waals surface area contributed by atoms with Gasteiger partial charge >= 0.3 is 0 Å². The van der Waals surface area contributed by atoms with Crippen LogP contribution in [-0.4, -0.2) is 86.8 Å². The highest BCUT2D eigenvalue weighted by Gasteiger charge is 2.46. The quantitative estimate of drug-likeness (QED) is 0.296. The molecular weight excluding hydrogens is 476 g/mol. The standard InChI is InChI=1S/C28H34N2O7/c1-4-37-22-11-8-20(18-23(22)35-3)25-24(26(31)19-6-9-21(34-2)10-7-19)27(32)28(33)30(25)13-5-12-29-14-16-36-17-15-29/h6-11,18,25,31H,4-5,12-17H2,1-3H3/b26-24+. The molecule has 2 aromatic rings. The van der Waals surface area contributed by atoms with Gasteiger partial charge in [-0.05, 0) is 55.3 Å². The van der Waals surface area contributed by atoms with Gasteiger partial charge < -0.3 is 29.0 Å². The van der Waals surface area contributed by atoms with E-state index >= 15 is 0 Å². The van der Waals surface area contributed by atoms with Crippen LogP contribution >= 0.6 is 0 Å². The summed E-state index contributed by atoms with van der Waals surface area (Å²) in [6, 6.07) is 11.3. The number of nitrogens with zero attached hydrogens (tertiary/aromatic N) is 2. The molecule has 0 saturated carbocycles. The van der Waals surface area contributed by atoms with Crippen molar-refractivity contribution in [2.75, 3.05) is 60.2 Å². The van der Waals surface area contributed by atoms with E-state index in [1.54, 1.807) is 54.5 Å². The van der Waals surface area contributed by atoms with Crippen LogP contribution in [0.1, 0.15) is 30.5 Å². The zero-order valence-electron chi connectivity index (χ0n) is 21.6. The predicted molar refractivity (Wildman–Crippen MR) is 138 cm³/mol. The minimum atomic E-state index is -0.767. The molecule has 2 aliphatic heterocycles. The molecule has 9 nitrogen and oxygen atoms in total. The SMILES string of the molecule is CCOc1ccc(C2/C(=C(\O)c3ccc(OC)cc3)C(=O)C(=O)N2CCCN2CCOCC2)cc1OC. The van der Waals surface area contributed by atoms with Gasteiger partial charge in [-0.3, -0.25) is 14.5 Å². The van der Waals surface area contributed by atoms with Crippen molar-refractivity contribution in [3.8, 4) is 17.2 Å². The average Bonchev–Trinajstić information content (AvgIpc) is 3.18. The van der Waals surface area contributed by atoms with Crippen molar-refractivity contribution in [1.29, 1.82) is 0 Å². The van der Waals surface area contributed by atoms with E-state index in [0.717, 1.165) is 19.6 Å². The van der Waals surface area contributed by atoms with Crippen molar-refractivity contribution in [2.45, 2.75) is 19.4 Å². The van der Waals surface area contributed by atoms with E-state index in [9.17, 15) is 14.7 Å². The van der Waals surface area contributed by atoms with Gasteiger partial charge in [0.15, 0.2) is 11.5 Å². The van der Waals surface area contributed by atoms with E-state index in [4.69, 9.17) is 18.9 Å². The Morgan fingerprint density at radius 1 is 1.00 bits per heavy atom. The first-order valence-electron chi connectivity index (χ1n) is 12.5. The van der Waals surface area contributed by atoms with Crippen molar-refractivity contribution in [2.24, 2.45) is 0 Å². The lowest BCUT2D eigenvalue weighted by Crippen LogP contribution is -2.39. The molecule has 1 N–H and O–H groups in total. The number of ketones is 1. The van der Waals surface area contributed by atoms with Gasteiger partial charge in [-0.1, -0.05) is 6.07 Å². The van der Waals surface area contributed by atoms with Crippen LogP contribution in [0.2, 0.25) is 0 Å². The van der Waals surface area contributed by atoms with E-state index in [0.29, 0.717) is 61.2 Å². The van der Waals surface area contributed by atoms with Gasteiger partial charge in [0.25, 0.3) is 11.7 Å². The number of benzene rings is 2. The van der Waals surface area contributed by atoms with Crippen LogP contribution in [0.25, 0.3) is 5.76 Å². The van der Waals surface area contributed by atoms with Crippen molar-refractivity contribution < 1.29 is 33.6 Å². The molecule has 2 heterocycles. The number of aliphatic hydroxyl groups excluding tert-OH is 1. The first-order chi connectivity index (χ1) is 18.0. The number of carbonyl (C=O) groups excluding carboxylic acids is 2. The lowest BCUT2D eigenvalue weighted by molar-refractivity contribution is -0.140. The third-order valence-electron chi connectivity index (χ3n) is 6.68. The fraction of sp³-hybridized carbons (Fsp3) is 0.429. The van der Waals surface area contributed by atoms with Gasteiger partial charge in [-0.2, -0.15) is 0 Å². The summed E-state index contributed by atoms with van der Waals surface area (Å²) in [6.45, 7) is 6.56. The number of methoxy groups -OCH3 is 2. The Morgan fingerprint density at radius 2 is 1.73 bits per heavy atom. The number of rotatable bonds is 10. The minimum Gasteiger partial charge on any atom is -0.507 e. The number of morpholine rings is 1. The maximum atomic E-state index is 13.3. The molecule has 37 heavy (non-hydrogen) atoms. The third-order valence-corrected chi connectivity index (χ3v) is 6.68. The molecule has 198 valence electrons. The van der Waals surface area contributed by atoms with E-state index in [2.05, 4.69) is 4.90 Å². The Labute approximate surface area is 217 Å². The average molecular weight is 511 g/mol. The van der Waals surface area contributed by atoms with Crippen LogP contribution in [0, 0.1) is 0 Å². The molecular formula is C28H34N2O7. The number of aliphatic hydroxyl groups is 1. The number of likely N-dealkylation sites (tertiary alicyclic amines) is 1. The number of amides is 1. The zero-order chi connectivity index (χ0) is 26.4. The first-order valence-corrected chi connectivity index (χ1v) is 12.5. The Hall–Kier alpha value is -3.56. The molecule has 1 atom stereocenters. The van der Waals surface area contributed by atoms with Crippen molar-refractivity contribution >= 4 is 17.4 Å². The monoisotopic (exact) mass is 510 g/mol. The Morgan fingerprint density at radius 3 is 2.38 bits per heavy atom.